The molecule has 2 aliphatic heterocycles. The van der Waals surface area contributed by atoms with Crippen LogP contribution in [0.25, 0.3) is 0 Å². The Kier molecular flexibility index (Phi) is 5.87. The van der Waals surface area contributed by atoms with Crippen LogP contribution in [0.4, 0.5) is 11.4 Å². The van der Waals surface area contributed by atoms with Gasteiger partial charge in [-0.3, -0.25) is 9.79 Å². The highest BCUT2D eigenvalue weighted by Crippen LogP contribution is 2.38. The Labute approximate surface area is 195 Å². The molecule has 0 radical (unpaired) electrons. The van der Waals surface area contributed by atoms with E-state index in [1.807, 2.05) is 29.2 Å². The van der Waals surface area contributed by atoms with Gasteiger partial charge in [0.25, 0.3) is 5.91 Å². The van der Waals surface area contributed by atoms with Gasteiger partial charge in [0.2, 0.25) is 0 Å². The van der Waals surface area contributed by atoms with Crippen LogP contribution in [0.5, 0.6) is 11.5 Å². The maximum atomic E-state index is 13.7. The van der Waals surface area contributed by atoms with Gasteiger partial charge in [0.05, 0.1) is 43.7 Å². The van der Waals surface area contributed by atoms with E-state index in [4.69, 9.17) is 14.5 Å². The van der Waals surface area contributed by atoms with Gasteiger partial charge >= 0.3 is 0 Å². The summed E-state index contributed by atoms with van der Waals surface area (Å²) in [6, 6.07) is 14.0. The summed E-state index contributed by atoms with van der Waals surface area (Å²) in [7, 11) is 3.16. The number of methoxy groups -OCH3 is 2. The summed E-state index contributed by atoms with van der Waals surface area (Å²) >= 11 is 0. The van der Waals surface area contributed by atoms with Gasteiger partial charge in [-0.05, 0) is 49.9 Å². The van der Waals surface area contributed by atoms with E-state index >= 15 is 0 Å². The molecular formula is C26H32N4O3. The van der Waals surface area contributed by atoms with Crippen LogP contribution >= 0.6 is 0 Å². The molecule has 1 saturated heterocycles. The van der Waals surface area contributed by atoms with Crippen molar-refractivity contribution >= 4 is 23.1 Å². The summed E-state index contributed by atoms with van der Waals surface area (Å²) in [5.74, 6) is 1.95. The van der Waals surface area contributed by atoms with Crippen molar-refractivity contribution in [1.82, 2.24) is 4.90 Å². The average Bonchev–Trinajstić information content (AvgIpc) is 3.37. The first-order valence-corrected chi connectivity index (χ1v) is 11.9. The predicted molar refractivity (Wildman–Crippen MR) is 131 cm³/mol. The highest BCUT2D eigenvalue weighted by Gasteiger charge is 2.45. The molecule has 0 bridgehead atoms. The summed E-state index contributed by atoms with van der Waals surface area (Å²) in [6.07, 6.45) is 6.54. The van der Waals surface area contributed by atoms with Gasteiger partial charge in [0.15, 0.2) is 11.5 Å². The Balaban J connectivity index is 1.49. The minimum absolute atomic E-state index is 0.0503. The molecule has 174 valence electrons. The number of aliphatic imine (C=N–C) groups is 1. The number of para-hydroxylation sites is 3. The predicted octanol–water partition coefficient (Wildman–Crippen LogP) is 4.56. The summed E-state index contributed by atoms with van der Waals surface area (Å²) in [6.45, 7) is 1.24. The SMILES string of the molecule is COc1cccc(C(=O)N2CCCC3(C2)Nc2ccccc2NC3=NC2CCCC2)c1OC. The van der Waals surface area contributed by atoms with E-state index < -0.39 is 5.54 Å². The van der Waals surface area contributed by atoms with Crippen molar-refractivity contribution in [3.05, 3.63) is 48.0 Å². The largest absolute Gasteiger partial charge is 0.493 e. The molecule has 2 aromatic carbocycles. The third-order valence-corrected chi connectivity index (χ3v) is 7.06. The molecule has 5 rings (SSSR count). The zero-order valence-electron chi connectivity index (χ0n) is 19.4. The minimum Gasteiger partial charge on any atom is -0.493 e. The molecule has 1 aliphatic carbocycles. The number of amides is 1. The summed E-state index contributed by atoms with van der Waals surface area (Å²) in [5, 5.41) is 7.41. The third kappa shape index (κ3) is 4.01. The van der Waals surface area contributed by atoms with Crippen molar-refractivity contribution in [2.75, 3.05) is 37.9 Å². The Morgan fingerprint density at radius 2 is 1.82 bits per heavy atom. The number of ether oxygens (including phenoxy) is 2. The minimum atomic E-state index is -0.434. The lowest BCUT2D eigenvalue weighted by Crippen LogP contribution is -2.62. The van der Waals surface area contributed by atoms with Crippen molar-refractivity contribution in [3.63, 3.8) is 0 Å². The van der Waals surface area contributed by atoms with Gasteiger partial charge in [0, 0.05) is 6.54 Å². The van der Waals surface area contributed by atoms with E-state index in [2.05, 4.69) is 22.8 Å². The van der Waals surface area contributed by atoms with Crippen molar-refractivity contribution in [2.24, 2.45) is 4.99 Å². The molecule has 1 amide bonds. The summed E-state index contributed by atoms with van der Waals surface area (Å²) in [4.78, 5) is 20.8. The van der Waals surface area contributed by atoms with Crippen LogP contribution in [0, 0.1) is 0 Å². The van der Waals surface area contributed by atoms with E-state index in [9.17, 15) is 4.79 Å². The van der Waals surface area contributed by atoms with Crippen LogP contribution in [-0.2, 0) is 0 Å². The number of carbonyl (C=O) groups is 1. The maximum Gasteiger partial charge on any atom is 0.257 e. The van der Waals surface area contributed by atoms with Gasteiger partial charge in [-0.25, -0.2) is 0 Å². The molecule has 1 spiro atoms. The molecule has 7 nitrogen and oxygen atoms in total. The maximum absolute atomic E-state index is 13.7. The molecule has 33 heavy (non-hydrogen) atoms. The molecule has 2 aromatic rings. The smallest absolute Gasteiger partial charge is 0.257 e. The summed E-state index contributed by atoms with van der Waals surface area (Å²) < 4.78 is 11.0. The lowest BCUT2D eigenvalue weighted by atomic mass is 9.84. The Bertz CT molecular complexity index is 1060. The monoisotopic (exact) mass is 448 g/mol. The highest BCUT2D eigenvalue weighted by atomic mass is 16.5. The number of rotatable bonds is 4. The van der Waals surface area contributed by atoms with Crippen LogP contribution in [0.15, 0.2) is 47.5 Å². The van der Waals surface area contributed by atoms with Crippen LogP contribution in [0.2, 0.25) is 0 Å². The number of piperidine rings is 1. The zero-order valence-corrected chi connectivity index (χ0v) is 19.4. The molecule has 2 heterocycles. The van der Waals surface area contributed by atoms with Crippen LogP contribution in [0.1, 0.15) is 48.9 Å². The van der Waals surface area contributed by atoms with Crippen molar-refractivity contribution in [2.45, 2.75) is 50.1 Å². The number of likely N-dealkylation sites (tertiary alicyclic amines) is 1. The Hall–Kier alpha value is -3.22. The first-order valence-electron chi connectivity index (χ1n) is 11.9. The summed E-state index contributed by atoms with van der Waals surface area (Å²) in [5.41, 5.74) is 2.18. The van der Waals surface area contributed by atoms with Crippen LogP contribution in [-0.4, -0.2) is 55.5 Å². The number of amidine groups is 1. The number of hydrogen-bond donors (Lipinski definition) is 2. The van der Waals surface area contributed by atoms with Gasteiger partial charge in [0.1, 0.15) is 11.4 Å². The fraction of sp³-hybridized carbons (Fsp3) is 0.462. The number of fused-ring (bicyclic) bond motifs is 1. The molecule has 1 unspecified atom stereocenters. The normalized spacial score (nSPS) is 23.7. The topological polar surface area (TPSA) is 75.2 Å². The number of nitrogens with one attached hydrogen (secondary N) is 2. The van der Waals surface area contributed by atoms with Gasteiger partial charge < -0.3 is 25.0 Å². The lowest BCUT2D eigenvalue weighted by Gasteiger charge is -2.47. The van der Waals surface area contributed by atoms with Gasteiger partial charge in [-0.1, -0.05) is 31.0 Å². The Morgan fingerprint density at radius 1 is 1.03 bits per heavy atom. The molecule has 2 N–H and O–H groups in total. The number of nitrogens with zero attached hydrogens (tertiary/aromatic N) is 2. The van der Waals surface area contributed by atoms with Crippen molar-refractivity contribution in [1.29, 1.82) is 0 Å². The fourth-order valence-electron chi connectivity index (χ4n) is 5.39. The molecule has 1 saturated carbocycles. The van der Waals surface area contributed by atoms with E-state index in [0.29, 0.717) is 36.2 Å². The van der Waals surface area contributed by atoms with E-state index in [1.54, 1.807) is 20.3 Å². The quantitative estimate of drug-likeness (QED) is 0.717. The zero-order chi connectivity index (χ0) is 22.8. The van der Waals surface area contributed by atoms with E-state index in [-0.39, 0.29) is 5.91 Å². The average molecular weight is 449 g/mol. The van der Waals surface area contributed by atoms with Crippen molar-refractivity contribution < 1.29 is 14.3 Å². The second-order valence-electron chi connectivity index (χ2n) is 9.17. The van der Waals surface area contributed by atoms with Crippen LogP contribution in [0.3, 0.4) is 0 Å². The first kappa shape index (κ1) is 21.6. The number of hydrogen-bond acceptors (Lipinski definition) is 5. The van der Waals surface area contributed by atoms with Crippen molar-refractivity contribution in [3.8, 4) is 11.5 Å². The van der Waals surface area contributed by atoms with Gasteiger partial charge in [-0.15, -0.1) is 0 Å². The number of benzene rings is 2. The fourth-order valence-corrected chi connectivity index (χ4v) is 5.39. The standard InChI is InChI=1S/C26H32N4O3/c1-32-22-14-7-11-19(23(22)33-2)24(31)30-16-8-15-26(17-30)25(27-18-9-3-4-10-18)28-20-12-5-6-13-21(20)29-26/h5-7,11-14,18,29H,3-4,8-10,15-17H2,1-2H3,(H,27,28). The number of carbonyl (C=O) groups excluding carboxylic acids is 1. The second kappa shape index (κ2) is 8.96. The lowest BCUT2D eigenvalue weighted by molar-refractivity contribution is 0.0690. The van der Waals surface area contributed by atoms with Crippen LogP contribution < -0.4 is 20.1 Å². The molecule has 3 aliphatic rings. The van der Waals surface area contributed by atoms with E-state index in [0.717, 1.165) is 42.9 Å². The van der Waals surface area contributed by atoms with E-state index in [1.165, 1.54) is 12.8 Å². The third-order valence-electron chi connectivity index (χ3n) is 7.06. The molecule has 2 fully saturated rings. The molecule has 0 aromatic heterocycles. The molecule has 1 atom stereocenters. The first-order chi connectivity index (χ1) is 16.1. The molecular weight excluding hydrogens is 416 g/mol. The number of anilines is 2. The second-order valence-corrected chi connectivity index (χ2v) is 9.17. The highest BCUT2D eigenvalue weighted by molar-refractivity contribution is 6.10. The Morgan fingerprint density at radius 3 is 2.58 bits per heavy atom. The molecule has 7 heteroatoms. The van der Waals surface area contributed by atoms with Gasteiger partial charge in [-0.2, -0.15) is 0 Å².